The molecule has 1 aromatic carbocycles. The van der Waals surface area contributed by atoms with Crippen LogP contribution in [-0.2, 0) is 30.4 Å². The highest BCUT2D eigenvalue weighted by Gasteiger charge is 2.30. The minimum atomic E-state index is -1.39. The smallest absolute Gasteiger partial charge is 0.325 e. The molecule has 31 heavy (non-hydrogen) atoms. The maximum Gasteiger partial charge on any atom is 0.325 e. The van der Waals surface area contributed by atoms with Crippen LogP contribution in [0.25, 0.3) is 0 Å². The molecule has 0 aliphatic heterocycles. The van der Waals surface area contributed by atoms with Crippen molar-refractivity contribution in [3.63, 3.8) is 0 Å². The summed E-state index contributed by atoms with van der Waals surface area (Å²) < 4.78 is 0. The summed E-state index contributed by atoms with van der Waals surface area (Å²) in [5, 5.41) is 25.4. The molecule has 0 spiro atoms. The van der Waals surface area contributed by atoms with Gasteiger partial charge in [-0.05, 0) is 31.5 Å². The summed E-state index contributed by atoms with van der Waals surface area (Å²) in [6.07, 6.45) is -0.599. The van der Waals surface area contributed by atoms with Crippen LogP contribution in [0.15, 0.2) is 24.3 Å². The number of carbonyl (C=O) groups is 5. The van der Waals surface area contributed by atoms with Gasteiger partial charge >= 0.3 is 5.97 Å². The average Bonchev–Trinajstić information content (AvgIpc) is 2.67. The van der Waals surface area contributed by atoms with E-state index in [1.165, 1.54) is 38.1 Å². The summed E-state index contributed by atoms with van der Waals surface area (Å²) in [6.45, 7) is 2.63. The first-order chi connectivity index (χ1) is 14.4. The van der Waals surface area contributed by atoms with Gasteiger partial charge in [0.25, 0.3) is 0 Å². The molecule has 0 radical (unpaired) electrons. The number of nitrogens with one attached hydrogen (secondary N) is 3. The second kappa shape index (κ2) is 11.5. The molecular formula is C19H27N5O7. The maximum absolute atomic E-state index is 12.7. The quantitative estimate of drug-likeness (QED) is 0.200. The number of aromatic hydroxyl groups is 1. The summed E-state index contributed by atoms with van der Waals surface area (Å²) in [4.78, 5) is 59.5. The van der Waals surface area contributed by atoms with Crippen molar-refractivity contribution < 1.29 is 34.2 Å². The Labute approximate surface area is 178 Å². The first kappa shape index (κ1) is 25.4. The SMILES string of the molecule is CC(N)C(=O)NC(CC(N)=O)C(=O)NC(Cc1ccc(O)cc1)C(=O)NC(C)C(=O)O. The van der Waals surface area contributed by atoms with E-state index in [1.54, 1.807) is 0 Å². The van der Waals surface area contributed by atoms with Crippen LogP contribution in [0.2, 0.25) is 0 Å². The van der Waals surface area contributed by atoms with Crippen molar-refractivity contribution in [3.05, 3.63) is 29.8 Å². The zero-order valence-corrected chi connectivity index (χ0v) is 17.1. The number of rotatable bonds is 11. The molecule has 12 heteroatoms. The van der Waals surface area contributed by atoms with E-state index in [4.69, 9.17) is 16.6 Å². The van der Waals surface area contributed by atoms with Gasteiger partial charge in [0.15, 0.2) is 0 Å². The van der Waals surface area contributed by atoms with Crippen LogP contribution in [0.1, 0.15) is 25.8 Å². The van der Waals surface area contributed by atoms with Crippen LogP contribution in [0.5, 0.6) is 5.75 Å². The van der Waals surface area contributed by atoms with Gasteiger partial charge in [0, 0.05) is 6.42 Å². The Hall–Kier alpha value is -3.67. The van der Waals surface area contributed by atoms with Crippen molar-refractivity contribution in [2.45, 2.75) is 50.9 Å². The molecule has 4 unspecified atom stereocenters. The molecular weight excluding hydrogens is 410 g/mol. The van der Waals surface area contributed by atoms with Crippen molar-refractivity contribution in [3.8, 4) is 5.75 Å². The zero-order valence-electron chi connectivity index (χ0n) is 17.1. The van der Waals surface area contributed by atoms with Gasteiger partial charge in [-0.1, -0.05) is 12.1 Å². The van der Waals surface area contributed by atoms with Gasteiger partial charge in [0.05, 0.1) is 12.5 Å². The van der Waals surface area contributed by atoms with Crippen LogP contribution in [0.4, 0.5) is 0 Å². The summed E-state index contributed by atoms with van der Waals surface area (Å²) in [6, 6.07) is 0.962. The van der Waals surface area contributed by atoms with E-state index >= 15 is 0 Å². The molecule has 0 aromatic heterocycles. The number of nitrogens with two attached hydrogens (primary N) is 2. The Morgan fingerprint density at radius 2 is 1.42 bits per heavy atom. The molecule has 4 atom stereocenters. The second-order valence-electron chi connectivity index (χ2n) is 7.02. The highest BCUT2D eigenvalue weighted by atomic mass is 16.4. The largest absolute Gasteiger partial charge is 0.508 e. The number of hydrogen-bond donors (Lipinski definition) is 7. The molecule has 0 bridgehead atoms. The number of benzene rings is 1. The molecule has 0 saturated carbocycles. The van der Waals surface area contributed by atoms with E-state index in [-0.39, 0.29) is 12.2 Å². The van der Waals surface area contributed by atoms with Gasteiger partial charge in [0.1, 0.15) is 23.9 Å². The molecule has 170 valence electrons. The Kier molecular flexibility index (Phi) is 9.41. The molecule has 0 fully saturated rings. The first-order valence-electron chi connectivity index (χ1n) is 9.36. The van der Waals surface area contributed by atoms with Crippen LogP contribution in [-0.4, -0.2) is 64.0 Å². The fraction of sp³-hybridized carbons (Fsp3) is 0.421. The molecule has 12 nitrogen and oxygen atoms in total. The molecule has 0 heterocycles. The highest BCUT2D eigenvalue weighted by molar-refractivity contribution is 5.96. The Bertz CT molecular complexity index is 825. The molecule has 4 amide bonds. The Morgan fingerprint density at radius 1 is 0.903 bits per heavy atom. The minimum Gasteiger partial charge on any atom is -0.508 e. The average molecular weight is 437 g/mol. The lowest BCUT2D eigenvalue weighted by Crippen LogP contribution is -2.57. The van der Waals surface area contributed by atoms with Crippen molar-refractivity contribution in [2.75, 3.05) is 0 Å². The number of primary amides is 1. The highest BCUT2D eigenvalue weighted by Crippen LogP contribution is 2.12. The third-order valence-corrected chi connectivity index (χ3v) is 4.19. The van der Waals surface area contributed by atoms with Gasteiger partial charge in [-0.2, -0.15) is 0 Å². The summed E-state index contributed by atoms with van der Waals surface area (Å²) in [5.41, 5.74) is 11.2. The second-order valence-corrected chi connectivity index (χ2v) is 7.02. The van der Waals surface area contributed by atoms with Gasteiger partial charge < -0.3 is 37.6 Å². The molecule has 0 aliphatic carbocycles. The van der Waals surface area contributed by atoms with Gasteiger partial charge in [0.2, 0.25) is 23.6 Å². The number of carboxylic acid groups (broad SMARTS) is 1. The molecule has 0 saturated heterocycles. The van der Waals surface area contributed by atoms with E-state index < -0.39 is 60.2 Å². The number of carboxylic acids is 1. The van der Waals surface area contributed by atoms with Crippen molar-refractivity contribution in [2.24, 2.45) is 11.5 Å². The number of amides is 4. The maximum atomic E-state index is 12.7. The fourth-order valence-corrected chi connectivity index (χ4v) is 2.44. The third-order valence-electron chi connectivity index (χ3n) is 4.19. The predicted octanol–water partition coefficient (Wildman–Crippen LogP) is -2.28. The molecule has 1 aromatic rings. The van der Waals surface area contributed by atoms with Crippen LogP contribution >= 0.6 is 0 Å². The van der Waals surface area contributed by atoms with Crippen LogP contribution < -0.4 is 27.4 Å². The number of phenols is 1. The van der Waals surface area contributed by atoms with E-state index in [0.29, 0.717) is 5.56 Å². The minimum absolute atomic E-state index is 0.00609. The van der Waals surface area contributed by atoms with Gasteiger partial charge in [-0.25, -0.2) is 0 Å². The Balaban J connectivity index is 3.07. The zero-order chi connectivity index (χ0) is 23.7. The van der Waals surface area contributed by atoms with Gasteiger partial charge in [-0.15, -0.1) is 0 Å². The molecule has 9 N–H and O–H groups in total. The van der Waals surface area contributed by atoms with E-state index in [2.05, 4.69) is 16.0 Å². The van der Waals surface area contributed by atoms with Crippen molar-refractivity contribution in [1.82, 2.24) is 16.0 Å². The van der Waals surface area contributed by atoms with E-state index in [9.17, 15) is 29.1 Å². The first-order valence-corrected chi connectivity index (χ1v) is 9.36. The lowest BCUT2D eigenvalue weighted by molar-refractivity contribution is -0.142. The summed E-state index contributed by atoms with van der Waals surface area (Å²) in [7, 11) is 0. The Morgan fingerprint density at radius 3 is 1.90 bits per heavy atom. The number of carbonyl (C=O) groups excluding carboxylic acids is 4. The molecule has 1 rings (SSSR count). The lowest BCUT2D eigenvalue weighted by Gasteiger charge is -2.24. The normalized spacial score (nSPS) is 14.4. The topological polar surface area (TPSA) is 214 Å². The monoisotopic (exact) mass is 437 g/mol. The molecule has 0 aliphatic rings. The van der Waals surface area contributed by atoms with Crippen molar-refractivity contribution in [1.29, 1.82) is 0 Å². The fourth-order valence-electron chi connectivity index (χ4n) is 2.44. The van der Waals surface area contributed by atoms with Gasteiger partial charge in [-0.3, -0.25) is 24.0 Å². The lowest BCUT2D eigenvalue weighted by atomic mass is 10.0. The van der Waals surface area contributed by atoms with Crippen molar-refractivity contribution >= 4 is 29.6 Å². The van der Waals surface area contributed by atoms with Crippen LogP contribution in [0.3, 0.4) is 0 Å². The number of hydrogen-bond acceptors (Lipinski definition) is 7. The third kappa shape index (κ3) is 8.70. The van der Waals surface area contributed by atoms with Crippen LogP contribution in [0, 0.1) is 0 Å². The van der Waals surface area contributed by atoms with E-state index in [0.717, 1.165) is 0 Å². The predicted molar refractivity (Wildman–Crippen MR) is 108 cm³/mol. The number of phenolic OH excluding ortho intramolecular Hbond substituents is 1. The number of aliphatic carboxylic acids is 1. The summed E-state index contributed by atoms with van der Waals surface area (Å²) >= 11 is 0. The standard InChI is InChI=1S/C19H27N5O7/c1-9(20)16(27)23-14(8-15(21)26)18(29)24-13(17(28)22-10(2)19(30)31)7-11-3-5-12(25)6-4-11/h3-6,9-10,13-14,25H,7-8,20H2,1-2H3,(H2,21,26)(H,22,28)(H,23,27)(H,24,29)(H,30,31). The van der Waals surface area contributed by atoms with E-state index in [1.807, 2.05) is 0 Å². The summed E-state index contributed by atoms with van der Waals surface area (Å²) in [5.74, 6) is -4.54.